The number of aromatic carboxylic acids is 1. The number of furan rings is 1. The van der Waals surface area contributed by atoms with Crippen molar-refractivity contribution in [2.75, 3.05) is 12.4 Å². The molecule has 2 aromatic heterocycles. The SMILES string of the molecule is COc1ccc([C@H]2C(C(=O)Nc3ccccc3)=C(C)N=c3s/c(=C/c4ccc(-c5cc(C(=O)O)ccc5C)o4)c(=O)n32)cc1. The molecule has 3 heterocycles. The van der Waals surface area contributed by atoms with Gasteiger partial charge in [-0.25, -0.2) is 9.79 Å². The molecule has 0 unspecified atom stereocenters. The fraction of sp³-hybridized carbons (Fsp3) is 0.118. The first kappa shape index (κ1) is 28.6. The van der Waals surface area contributed by atoms with E-state index < -0.39 is 12.0 Å². The summed E-state index contributed by atoms with van der Waals surface area (Å²) in [6.45, 7) is 3.63. The molecule has 6 rings (SSSR count). The Morgan fingerprint density at radius 2 is 1.77 bits per heavy atom. The van der Waals surface area contributed by atoms with Crippen LogP contribution in [0.2, 0.25) is 0 Å². The second-order valence-electron chi connectivity index (χ2n) is 10.2. The van der Waals surface area contributed by atoms with Gasteiger partial charge in [0.1, 0.15) is 17.3 Å². The molecular weight excluding hydrogens is 578 g/mol. The molecular formula is C34H27N3O6S. The molecule has 1 atom stereocenters. The van der Waals surface area contributed by atoms with Crippen molar-refractivity contribution in [3.05, 3.63) is 138 Å². The highest BCUT2D eigenvalue weighted by molar-refractivity contribution is 7.07. The average Bonchev–Trinajstić information content (AvgIpc) is 3.61. The number of thiazole rings is 1. The van der Waals surface area contributed by atoms with E-state index in [9.17, 15) is 19.5 Å². The van der Waals surface area contributed by atoms with Crippen molar-refractivity contribution < 1.29 is 23.8 Å². The van der Waals surface area contributed by atoms with Gasteiger partial charge < -0.3 is 19.6 Å². The summed E-state index contributed by atoms with van der Waals surface area (Å²) in [7, 11) is 1.57. The number of nitrogens with one attached hydrogen (secondary N) is 1. The van der Waals surface area contributed by atoms with Gasteiger partial charge in [-0.1, -0.05) is 47.7 Å². The van der Waals surface area contributed by atoms with Gasteiger partial charge in [0.15, 0.2) is 4.80 Å². The van der Waals surface area contributed by atoms with Crippen LogP contribution in [-0.4, -0.2) is 28.7 Å². The monoisotopic (exact) mass is 605 g/mol. The maximum atomic E-state index is 14.0. The molecule has 0 saturated carbocycles. The van der Waals surface area contributed by atoms with E-state index in [0.717, 1.165) is 11.1 Å². The molecule has 2 N–H and O–H groups in total. The number of carboxylic acid groups (broad SMARTS) is 1. The molecule has 9 nitrogen and oxygen atoms in total. The number of aromatic nitrogens is 1. The Morgan fingerprint density at radius 1 is 1.02 bits per heavy atom. The van der Waals surface area contributed by atoms with E-state index in [2.05, 4.69) is 10.3 Å². The lowest BCUT2D eigenvalue weighted by atomic mass is 9.95. The van der Waals surface area contributed by atoms with E-state index in [1.807, 2.05) is 37.3 Å². The van der Waals surface area contributed by atoms with E-state index in [4.69, 9.17) is 9.15 Å². The average molecular weight is 606 g/mol. The predicted octanol–water partition coefficient (Wildman–Crippen LogP) is 5.15. The fourth-order valence-electron chi connectivity index (χ4n) is 5.16. The number of ether oxygens (including phenoxy) is 1. The molecule has 0 fully saturated rings. The molecule has 44 heavy (non-hydrogen) atoms. The standard InChI is InChI=1S/C34H27N3O6S/c1-19-9-10-22(33(40)41)17-26(19)27-16-15-25(43-27)18-28-32(39)37-30(21-11-13-24(42-3)14-12-21)29(20(2)35-34(37)44-28)31(38)36-23-7-5-4-6-8-23/h4-18,30H,1-3H3,(H,36,38)(H,40,41)/b28-18+/t30-/m0/s1. The minimum Gasteiger partial charge on any atom is -0.497 e. The number of carbonyl (C=O) groups is 2. The van der Waals surface area contributed by atoms with Crippen LogP contribution in [0.3, 0.4) is 0 Å². The minimum atomic E-state index is -1.03. The van der Waals surface area contributed by atoms with Gasteiger partial charge in [0.05, 0.1) is 34.5 Å². The quantitative estimate of drug-likeness (QED) is 0.265. The molecule has 5 aromatic rings. The number of para-hydroxylation sites is 1. The summed E-state index contributed by atoms with van der Waals surface area (Å²) in [6.07, 6.45) is 1.64. The van der Waals surface area contributed by atoms with Crippen LogP contribution in [-0.2, 0) is 4.79 Å². The zero-order valence-corrected chi connectivity index (χ0v) is 24.8. The number of rotatable bonds is 7. The molecule has 0 saturated heterocycles. The first-order valence-electron chi connectivity index (χ1n) is 13.7. The van der Waals surface area contributed by atoms with Gasteiger partial charge in [-0.15, -0.1) is 0 Å². The summed E-state index contributed by atoms with van der Waals surface area (Å²) in [5, 5.41) is 12.4. The van der Waals surface area contributed by atoms with Crippen molar-refractivity contribution in [3.8, 4) is 17.1 Å². The smallest absolute Gasteiger partial charge is 0.335 e. The summed E-state index contributed by atoms with van der Waals surface area (Å²) < 4.78 is 13.3. The van der Waals surface area contributed by atoms with Crippen LogP contribution >= 0.6 is 11.3 Å². The molecule has 0 aliphatic carbocycles. The number of fused-ring (bicyclic) bond motifs is 1. The summed E-state index contributed by atoms with van der Waals surface area (Å²) in [5.74, 6) is 0.162. The Balaban J connectivity index is 1.44. The van der Waals surface area contributed by atoms with Crippen molar-refractivity contribution in [1.29, 1.82) is 0 Å². The van der Waals surface area contributed by atoms with Crippen molar-refractivity contribution in [2.45, 2.75) is 19.9 Å². The van der Waals surface area contributed by atoms with E-state index in [1.54, 1.807) is 74.7 Å². The Hall–Kier alpha value is -5.48. The summed E-state index contributed by atoms with van der Waals surface area (Å²) in [6, 6.07) is 23.9. The van der Waals surface area contributed by atoms with Crippen LogP contribution < -0.4 is 24.9 Å². The zero-order chi connectivity index (χ0) is 31.0. The lowest BCUT2D eigenvalue weighted by Gasteiger charge is -2.25. The maximum Gasteiger partial charge on any atom is 0.335 e. The minimum absolute atomic E-state index is 0.151. The highest BCUT2D eigenvalue weighted by atomic mass is 32.1. The maximum absolute atomic E-state index is 14.0. The number of carbonyl (C=O) groups excluding carboxylic acids is 1. The molecule has 1 aliphatic heterocycles. The van der Waals surface area contributed by atoms with E-state index in [1.165, 1.54) is 15.9 Å². The Bertz CT molecular complexity index is 2120. The van der Waals surface area contributed by atoms with Crippen molar-refractivity contribution in [3.63, 3.8) is 0 Å². The van der Waals surface area contributed by atoms with Gasteiger partial charge in [0, 0.05) is 17.3 Å². The number of nitrogens with zero attached hydrogens (tertiary/aromatic N) is 2. The largest absolute Gasteiger partial charge is 0.497 e. The number of benzene rings is 3. The number of allylic oxidation sites excluding steroid dienone is 1. The Labute approximate surface area is 255 Å². The van der Waals surface area contributed by atoms with Crippen LogP contribution in [0.4, 0.5) is 5.69 Å². The van der Waals surface area contributed by atoms with Crippen LogP contribution in [0.15, 0.2) is 110 Å². The molecule has 3 aromatic carbocycles. The molecule has 0 radical (unpaired) electrons. The molecule has 0 spiro atoms. The third kappa shape index (κ3) is 5.38. The molecule has 1 aliphatic rings. The van der Waals surface area contributed by atoms with Gasteiger partial charge in [-0.05, 0) is 73.5 Å². The Morgan fingerprint density at radius 3 is 2.48 bits per heavy atom. The van der Waals surface area contributed by atoms with Crippen LogP contribution in [0.1, 0.15) is 40.2 Å². The van der Waals surface area contributed by atoms with Gasteiger partial charge >= 0.3 is 5.97 Å². The van der Waals surface area contributed by atoms with Crippen molar-refractivity contribution in [2.24, 2.45) is 4.99 Å². The summed E-state index contributed by atoms with van der Waals surface area (Å²) in [5.41, 5.74) is 3.53. The van der Waals surface area contributed by atoms with Crippen molar-refractivity contribution >= 4 is 35.0 Å². The van der Waals surface area contributed by atoms with Gasteiger partial charge in [-0.3, -0.25) is 14.2 Å². The third-order valence-corrected chi connectivity index (χ3v) is 8.36. The Kier molecular flexibility index (Phi) is 7.59. The normalized spacial score (nSPS) is 14.6. The van der Waals surface area contributed by atoms with E-state index in [-0.39, 0.29) is 17.0 Å². The number of aryl methyl sites for hydroxylation is 1. The molecule has 220 valence electrons. The summed E-state index contributed by atoms with van der Waals surface area (Å²) >= 11 is 1.20. The molecule has 10 heteroatoms. The highest BCUT2D eigenvalue weighted by Crippen LogP contribution is 2.32. The topological polar surface area (TPSA) is 123 Å². The lowest BCUT2D eigenvalue weighted by molar-refractivity contribution is -0.113. The van der Waals surface area contributed by atoms with E-state index in [0.29, 0.717) is 49.1 Å². The molecule has 1 amide bonds. The number of carboxylic acids is 1. The van der Waals surface area contributed by atoms with Crippen LogP contribution in [0.25, 0.3) is 17.4 Å². The first-order valence-corrected chi connectivity index (χ1v) is 14.5. The molecule has 0 bridgehead atoms. The summed E-state index contributed by atoms with van der Waals surface area (Å²) in [4.78, 5) is 44.3. The van der Waals surface area contributed by atoms with Crippen LogP contribution in [0, 0.1) is 6.92 Å². The number of methoxy groups -OCH3 is 1. The number of hydrogen-bond donors (Lipinski definition) is 2. The number of hydrogen-bond acceptors (Lipinski definition) is 7. The van der Waals surface area contributed by atoms with E-state index >= 15 is 0 Å². The van der Waals surface area contributed by atoms with Gasteiger partial charge in [0.25, 0.3) is 11.5 Å². The highest BCUT2D eigenvalue weighted by Gasteiger charge is 2.32. The predicted molar refractivity (Wildman–Crippen MR) is 168 cm³/mol. The third-order valence-electron chi connectivity index (χ3n) is 7.38. The lowest BCUT2D eigenvalue weighted by Crippen LogP contribution is -2.40. The number of amides is 1. The van der Waals surface area contributed by atoms with Gasteiger partial charge in [-0.2, -0.15) is 0 Å². The second kappa shape index (κ2) is 11.7. The van der Waals surface area contributed by atoms with Gasteiger partial charge in [0.2, 0.25) is 0 Å². The number of anilines is 1. The first-order chi connectivity index (χ1) is 21.2. The fourth-order valence-corrected chi connectivity index (χ4v) is 6.18. The second-order valence-corrected chi connectivity index (χ2v) is 11.2. The van der Waals surface area contributed by atoms with Crippen molar-refractivity contribution in [1.82, 2.24) is 4.57 Å². The van der Waals surface area contributed by atoms with Crippen LogP contribution in [0.5, 0.6) is 5.75 Å². The zero-order valence-electron chi connectivity index (χ0n) is 24.0.